The Morgan fingerprint density at radius 2 is 0.807 bits per heavy atom. The van der Waals surface area contributed by atoms with Gasteiger partial charge in [-0.1, -0.05) is 146 Å². The molecular formula is C54H37N3. The second-order valence-electron chi connectivity index (χ2n) is 14.6. The molecule has 2 aromatic heterocycles. The molecule has 0 saturated heterocycles. The summed E-state index contributed by atoms with van der Waals surface area (Å²) in [6, 6.07) is 81.0. The lowest BCUT2D eigenvalue weighted by Crippen LogP contribution is -2.10. The second-order valence-corrected chi connectivity index (χ2v) is 14.6. The first-order valence-corrected chi connectivity index (χ1v) is 19.5. The van der Waals surface area contributed by atoms with Gasteiger partial charge in [0, 0.05) is 50.0 Å². The highest BCUT2D eigenvalue weighted by atomic mass is 15.1. The number of para-hydroxylation sites is 3. The number of rotatable bonds is 7. The van der Waals surface area contributed by atoms with Gasteiger partial charge in [0.25, 0.3) is 0 Å². The summed E-state index contributed by atoms with van der Waals surface area (Å²) in [7, 11) is 0. The number of aromatic nitrogens is 2. The minimum atomic E-state index is 1.09. The molecule has 2 heterocycles. The first kappa shape index (κ1) is 32.8. The molecule has 0 fully saturated rings. The number of hydrogen-bond donors (Lipinski definition) is 0. The smallest absolute Gasteiger partial charge is 0.0562 e. The molecule has 0 unspecified atom stereocenters. The Kier molecular flexibility index (Phi) is 7.82. The van der Waals surface area contributed by atoms with Gasteiger partial charge in [0.1, 0.15) is 0 Å². The van der Waals surface area contributed by atoms with E-state index in [1.807, 2.05) is 0 Å². The van der Waals surface area contributed by atoms with E-state index in [1.165, 1.54) is 60.3 Å². The minimum absolute atomic E-state index is 1.09. The number of nitrogens with zero attached hydrogens (tertiary/aromatic N) is 3. The molecule has 3 heteroatoms. The van der Waals surface area contributed by atoms with E-state index in [4.69, 9.17) is 0 Å². The number of benzene rings is 9. The highest BCUT2D eigenvalue weighted by molar-refractivity contribution is 6.16. The zero-order chi connectivity index (χ0) is 37.7. The molecular weight excluding hydrogens is 691 g/mol. The summed E-state index contributed by atoms with van der Waals surface area (Å²) in [5.41, 5.74) is 15.1. The molecule has 3 nitrogen and oxygen atoms in total. The number of anilines is 3. The van der Waals surface area contributed by atoms with Gasteiger partial charge in [0.05, 0.1) is 22.1 Å². The van der Waals surface area contributed by atoms with Crippen LogP contribution in [0.4, 0.5) is 17.1 Å². The molecule has 0 aliphatic carbocycles. The maximum absolute atomic E-state index is 2.42. The SMILES string of the molecule is c1ccc(-c2ccc3c4ccccc4n(-c4ccc(N(c5ccccc5)c5ccc6c7c(-c8ccccc8)cccc7n(-c7ccccc7)c6c5)cc4)c3c2)cc1. The van der Waals surface area contributed by atoms with E-state index in [-0.39, 0.29) is 0 Å². The van der Waals surface area contributed by atoms with Crippen molar-refractivity contribution in [2.75, 3.05) is 4.90 Å². The molecule has 0 aliphatic heterocycles. The molecule has 11 rings (SSSR count). The van der Waals surface area contributed by atoms with Crippen LogP contribution < -0.4 is 4.90 Å². The summed E-state index contributed by atoms with van der Waals surface area (Å²) < 4.78 is 4.82. The predicted octanol–water partition coefficient (Wildman–Crippen LogP) is 14.7. The van der Waals surface area contributed by atoms with Crippen LogP contribution in [0.25, 0.3) is 77.2 Å². The van der Waals surface area contributed by atoms with Gasteiger partial charge in [0.15, 0.2) is 0 Å². The molecule has 0 amide bonds. The molecule has 0 saturated carbocycles. The quantitative estimate of drug-likeness (QED) is 0.159. The summed E-state index contributed by atoms with van der Waals surface area (Å²) in [6.45, 7) is 0. The number of hydrogen-bond acceptors (Lipinski definition) is 1. The monoisotopic (exact) mass is 727 g/mol. The number of fused-ring (bicyclic) bond motifs is 6. The largest absolute Gasteiger partial charge is 0.310 e. The fourth-order valence-corrected chi connectivity index (χ4v) is 8.74. The maximum atomic E-state index is 2.42. The van der Waals surface area contributed by atoms with Crippen molar-refractivity contribution in [2.24, 2.45) is 0 Å². The molecule has 0 bridgehead atoms. The second kappa shape index (κ2) is 13.6. The summed E-state index contributed by atoms with van der Waals surface area (Å²) in [5.74, 6) is 0. The average Bonchev–Trinajstić information content (AvgIpc) is 3.80. The van der Waals surface area contributed by atoms with Crippen molar-refractivity contribution in [2.45, 2.75) is 0 Å². The van der Waals surface area contributed by atoms with Crippen LogP contribution in [-0.4, -0.2) is 9.13 Å². The van der Waals surface area contributed by atoms with Gasteiger partial charge in [-0.15, -0.1) is 0 Å². The molecule has 0 radical (unpaired) electrons. The third kappa shape index (κ3) is 5.51. The average molecular weight is 728 g/mol. The third-order valence-corrected chi connectivity index (χ3v) is 11.3. The molecule has 0 atom stereocenters. The summed E-state index contributed by atoms with van der Waals surface area (Å²) in [5, 5.41) is 4.98. The van der Waals surface area contributed by atoms with Crippen LogP contribution in [0.15, 0.2) is 224 Å². The molecule has 57 heavy (non-hydrogen) atoms. The van der Waals surface area contributed by atoms with Gasteiger partial charge in [0.2, 0.25) is 0 Å². The highest BCUT2D eigenvalue weighted by Crippen LogP contribution is 2.43. The van der Waals surface area contributed by atoms with E-state index >= 15 is 0 Å². The first-order chi connectivity index (χ1) is 28.3. The van der Waals surface area contributed by atoms with Crippen molar-refractivity contribution in [1.82, 2.24) is 9.13 Å². The highest BCUT2D eigenvalue weighted by Gasteiger charge is 2.20. The zero-order valence-corrected chi connectivity index (χ0v) is 31.2. The van der Waals surface area contributed by atoms with E-state index in [9.17, 15) is 0 Å². The fraction of sp³-hybridized carbons (Fsp3) is 0. The van der Waals surface area contributed by atoms with Crippen LogP contribution in [0.2, 0.25) is 0 Å². The lowest BCUT2D eigenvalue weighted by Gasteiger charge is -2.26. The Labute approximate surface area is 331 Å². The maximum Gasteiger partial charge on any atom is 0.0562 e. The van der Waals surface area contributed by atoms with Crippen molar-refractivity contribution in [3.63, 3.8) is 0 Å². The van der Waals surface area contributed by atoms with E-state index in [2.05, 4.69) is 238 Å². The van der Waals surface area contributed by atoms with E-state index in [1.54, 1.807) is 0 Å². The molecule has 9 aromatic carbocycles. The van der Waals surface area contributed by atoms with Crippen LogP contribution in [0.3, 0.4) is 0 Å². The van der Waals surface area contributed by atoms with Crippen molar-refractivity contribution in [3.05, 3.63) is 224 Å². The lowest BCUT2D eigenvalue weighted by molar-refractivity contribution is 1.17. The van der Waals surface area contributed by atoms with E-state index in [0.717, 1.165) is 34.0 Å². The van der Waals surface area contributed by atoms with Gasteiger partial charge in [-0.25, -0.2) is 0 Å². The molecule has 268 valence electrons. The van der Waals surface area contributed by atoms with E-state index < -0.39 is 0 Å². The van der Waals surface area contributed by atoms with Gasteiger partial charge in [-0.3, -0.25) is 0 Å². The van der Waals surface area contributed by atoms with Crippen LogP contribution in [0.5, 0.6) is 0 Å². The van der Waals surface area contributed by atoms with Crippen LogP contribution in [0, 0.1) is 0 Å². The Morgan fingerprint density at radius 1 is 0.281 bits per heavy atom. The van der Waals surface area contributed by atoms with Crippen molar-refractivity contribution in [1.29, 1.82) is 0 Å². The van der Waals surface area contributed by atoms with Crippen LogP contribution in [-0.2, 0) is 0 Å². The third-order valence-electron chi connectivity index (χ3n) is 11.3. The first-order valence-electron chi connectivity index (χ1n) is 19.5. The van der Waals surface area contributed by atoms with Gasteiger partial charge in [-0.05, 0) is 101 Å². The van der Waals surface area contributed by atoms with E-state index in [0.29, 0.717) is 0 Å². The topological polar surface area (TPSA) is 13.1 Å². The minimum Gasteiger partial charge on any atom is -0.310 e. The van der Waals surface area contributed by atoms with Crippen molar-refractivity contribution < 1.29 is 0 Å². The molecule has 0 N–H and O–H groups in total. The molecule has 0 aliphatic rings. The van der Waals surface area contributed by atoms with Crippen molar-refractivity contribution in [3.8, 4) is 33.6 Å². The molecule has 0 spiro atoms. The lowest BCUT2D eigenvalue weighted by atomic mass is 9.99. The van der Waals surface area contributed by atoms with Gasteiger partial charge in [-0.2, -0.15) is 0 Å². The standard InChI is InChI=1S/C54H37N3/c1-5-16-38(17-6-1)40-28-34-48-47-24-13-14-26-50(47)56(52(48)36-40)44-31-29-43(30-32-44)55(41-20-9-3-10-21-41)45-33-35-49-53(37-45)57(42-22-11-4-12-23-42)51-27-15-25-46(54(49)51)39-18-7-2-8-19-39/h1-37H. The Morgan fingerprint density at radius 3 is 1.56 bits per heavy atom. The Balaban J connectivity index is 1.09. The predicted molar refractivity (Wildman–Crippen MR) is 241 cm³/mol. The Bertz CT molecular complexity index is 3200. The zero-order valence-electron chi connectivity index (χ0n) is 31.2. The summed E-state index contributed by atoms with van der Waals surface area (Å²) in [6.07, 6.45) is 0. The van der Waals surface area contributed by atoms with Crippen LogP contribution in [0.1, 0.15) is 0 Å². The van der Waals surface area contributed by atoms with Gasteiger partial charge >= 0.3 is 0 Å². The van der Waals surface area contributed by atoms with Crippen molar-refractivity contribution >= 4 is 60.7 Å². The normalized spacial score (nSPS) is 11.5. The summed E-state index contributed by atoms with van der Waals surface area (Å²) in [4.78, 5) is 2.37. The summed E-state index contributed by atoms with van der Waals surface area (Å²) >= 11 is 0. The van der Waals surface area contributed by atoms with Gasteiger partial charge < -0.3 is 14.0 Å². The van der Waals surface area contributed by atoms with Crippen LogP contribution >= 0.6 is 0 Å². The fourth-order valence-electron chi connectivity index (χ4n) is 8.74. The Hall–Kier alpha value is -7.62. The molecule has 11 aromatic rings.